The van der Waals surface area contributed by atoms with Crippen molar-refractivity contribution in [3.05, 3.63) is 35.9 Å². The van der Waals surface area contributed by atoms with Crippen LogP contribution in [0.3, 0.4) is 0 Å². The summed E-state index contributed by atoms with van der Waals surface area (Å²) in [4.78, 5) is 0. The minimum Gasteiger partial charge on any atom is -0.228 e. The van der Waals surface area contributed by atoms with Gasteiger partial charge >= 0.3 is 0 Å². The fraction of sp³-hybridized carbons (Fsp3) is 0.400. The van der Waals surface area contributed by atoms with Crippen LogP contribution in [-0.4, -0.2) is 13.7 Å². The average molecular weight is 213 g/mol. The lowest BCUT2D eigenvalue weighted by Crippen LogP contribution is -2.26. The quantitative estimate of drug-likeness (QED) is 0.819. The van der Waals surface area contributed by atoms with Gasteiger partial charge in [0.2, 0.25) is 10.0 Å². The average Bonchev–Trinajstić information content (AvgIpc) is 2.14. The summed E-state index contributed by atoms with van der Waals surface area (Å²) in [6.45, 7) is 1.64. The molecule has 14 heavy (non-hydrogen) atoms. The molecule has 0 saturated carbocycles. The van der Waals surface area contributed by atoms with Crippen molar-refractivity contribution in [2.45, 2.75) is 25.0 Å². The van der Waals surface area contributed by atoms with E-state index >= 15 is 0 Å². The first-order valence-electron chi connectivity index (χ1n) is 4.55. The van der Waals surface area contributed by atoms with Gasteiger partial charge in [0.05, 0.1) is 5.25 Å². The van der Waals surface area contributed by atoms with Crippen molar-refractivity contribution < 1.29 is 8.42 Å². The molecule has 3 nitrogen and oxygen atoms in total. The van der Waals surface area contributed by atoms with Crippen molar-refractivity contribution in [1.82, 2.24) is 0 Å². The molecule has 0 aliphatic heterocycles. The van der Waals surface area contributed by atoms with E-state index < -0.39 is 15.3 Å². The lowest BCUT2D eigenvalue weighted by molar-refractivity contribution is 0.579. The Balaban J connectivity index is 2.50. The fourth-order valence-electron chi connectivity index (χ4n) is 1.18. The molecule has 1 aromatic rings. The molecule has 78 valence electrons. The molecule has 2 N–H and O–H groups in total. The third-order valence-electron chi connectivity index (χ3n) is 2.24. The smallest absolute Gasteiger partial charge is 0.211 e. The maximum Gasteiger partial charge on any atom is 0.211 e. The number of rotatable bonds is 4. The van der Waals surface area contributed by atoms with E-state index in [4.69, 9.17) is 5.14 Å². The number of nitrogens with two attached hydrogens (primary N) is 1. The maximum absolute atomic E-state index is 10.9. The van der Waals surface area contributed by atoms with E-state index in [2.05, 4.69) is 0 Å². The fourth-order valence-corrected chi connectivity index (χ4v) is 1.63. The number of hydrogen-bond acceptors (Lipinski definition) is 2. The summed E-state index contributed by atoms with van der Waals surface area (Å²) < 4.78 is 21.9. The molecular weight excluding hydrogens is 198 g/mol. The van der Waals surface area contributed by atoms with Crippen LogP contribution in [0, 0.1) is 0 Å². The van der Waals surface area contributed by atoms with Gasteiger partial charge in [0.25, 0.3) is 0 Å². The monoisotopic (exact) mass is 213 g/mol. The number of benzene rings is 1. The Kier molecular flexibility index (Phi) is 3.66. The first-order valence-corrected chi connectivity index (χ1v) is 6.16. The van der Waals surface area contributed by atoms with Gasteiger partial charge in [0.1, 0.15) is 0 Å². The molecule has 0 heterocycles. The molecule has 0 spiro atoms. The highest BCUT2D eigenvalue weighted by Gasteiger charge is 2.14. The Bertz CT molecular complexity index is 372. The minimum absolute atomic E-state index is 0.470. The van der Waals surface area contributed by atoms with Gasteiger partial charge in [-0.1, -0.05) is 30.3 Å². The number of sulfonamides is 1. The summed E-state index contributed by atoms with van der Waals surface area (Å²) in [5, 5.41) is 4.55. The van der Waals surface area contributed by atoms with Gasteiger partial charge in [-0.3, -0.25) is 0 Å². The molecule has 0 amide bonds. The SMILES string of the molecule is C[C@H](CCc1ccccc1)S(N)(=O)=O. The minimum atomic E-state index is -3.37. The van der Waals surface area contributed by atoms with Crippen LogP contribution in [0.15, 0.2) is 30.3 Å². The zero-order chi connectivity index (χ0) is 10.6. The molecule has 1 atom stereocenters. The van der Waals surface area contributed by atoms with E-state index in [0.29, 0.717) is 6.42 Å². The van der Waals surface area contributed by atoms with Gasteiger partial charge in [0.15, 0.2) is 0 Å². The molecule has 0 aliphatic rings. The van der Waals surface area contributed by atoms with Crippen LogP contribution in [-0.2, 0) is 16.4 Å². The predicted molar refractivity (Wildman–Crippen MR) is 57.3 cm³/mol. The molecule has 0 aliphatic carbocycles. The zero-order valence-electron chi connectivity index (χ0n) is 8.18. The van der Waals surface area contributed by atoms with E-state index in [0.717, 1.165) is 12.0 Å². The van der Waals surface area contributed by atoms with Crippen LogP contribution in [0.1, 0.15) is 18.9 Å². The van der Waals surface area contributed by atoms with Gasteiger partial charge in [-0.15, -0.1) is 0 Å². The summed E-state index contributed by atoms with van der Waals surface area (Å²) in [7, 11) is -3.37. The Hall–Kier alpha value is -0.870. The third-order valence-corrected chi connectivity index (χ3v) is 3.60. The Labute approximate surface area is 85.0 Å². The lowest BCUT2D eigenvalue weighted by Gasteiger charge is -2.08. The molecule has 0 saturated heterocycles. The van der Waals surface area contributed by atoms with Crippen LogP contribution in [0.25, 0.3) is 0 Å². The molecule has 1 aromatic carbocycles. The van der Waals surface area contributed by atoms with Crippen LogP contribution in [0.4, 0.5) is 0 Å². The van der Waals surface area contributed by atoms with Gasteiger partial charge in [-0.25, -0.2) is 13.6 Å². The molecule has 4 heteroatoms. The van der Waals surface area contributed by atoms with Gasteiger partial charge < -0.3 is 0 Å². The van der Waals surface area contributed by atoms with E-state index in [1.807, 2.05) is 30.3 Å². The second-order valence-corrected chi connectivity index (χ2v) is 5.41. The maximum atomic E-state index is 10.9. The van der Waals surface area contributed by atoms with Crippen LogP contribution < -0.4 is 5.14 Å². The summed E-state index contributed by atoms with van der Waals surface area (Å²) >= 11 is 0. The molecule has 0 fully saturated rings. The van der Waals surface area contributed by atoms with Gasteiger partial charge in [-0.05, 0) is 25.3 Å². The van der Waals surface area contributed by atoms with Crippen molar-refractivity contribution in [1.29, 1.82) is 0 Å². The Morgan fingerprint density at radius 1 is 1.29 bits per heavy atom. The normalized spacial score (nSPS) is 13.9. The zero-order valence-corrected chi connectivity index (χ0v) is 9.00. The largest absolute Gasteiger partial charge is 0.228 e. The van der Waals surface area contributed by atoms with Crippen molar-refractivity contribution in [3.63, 3.8) is 0 Å². The van der Waals surface area contributed by atoms with E-state index in [-0.39, 0.29) is 0 Å². The Morgan fingerprint density at radius 3 is 2.36 bits per heavy atom. The van der Waals surface area contributed by atoms with Crippen molar-refractivity contribution in [2.24, 2.45) is 5.14 Å². The number of primary sulfonamides is 1. The van der Waals surface area contributed by atoms with Gasteiger partial charge in [-0.2, -0.15) is 0 Å². The molecule has 0 aromatic heterocycles. The second-order valence-electron chi connectivity index (χ2n) is 3.42. The standard InChI is InChI=1S/C10H15NO2S/c1-9(14(11,12)13)7-8-10-5-3-2-4-6-10/h2-6,9H,7-8H2,1H3,(H2,11,12,13)/t9-/m1/s1. The van der Waals surface area contributed by atoms with Crippen molar-refractivity contribution >= 4 is 10.0 Å². The van der Waals surface area contributed by atoms with Crippen LogP contribution in [0.2, 0.25) is 0 Å². The third kappa shape index (κ3) is 3.47. The summed E-state index contributed by atoms with van der Waals surface area (Å²) in [5.41, 5.74) is 1.14. The Morgan fingerprint density at radius 2 is 1.86 bits per heavy atom. The second kappa shape index (κ2) is 4.57. The van der Waals surface area contributed by atoms with Crippen LogP contribution in [0.5, 0.6) is 0 Å². The van der Waals surface area contributed by atoms with Crippen LogP contribution >= 0.6 is 0 Å². The molecular formula is C10H15NO2S. The topological polar surface area (TPSA) is 60.2 Å². The van der Waals surface area contributed by atoms with E-state index in [9.17, 15) is 8.42 Å². The first-order chi connectivity index (χ1) is 6.50. The highest BCUT2D eigenvalue weighted by atomic mass is 32.2. The van der Waals surface area contributed by atoms with Crippen molar-refractivity contribution in [3.8, 4) is 0 Å². The number of hydrogen-bond donors (Lipinski definition) is 1. The van der Waals surface area contributed by atoms with Crippen molar-refractivity contribution in [2.75, 3.05) is 0 Å². The highest BCUT2D eigenvalue weighted by Crippen LogP contribution is 2.08. The summed E-state index contributed by atoms with van der Waals surface area (Å²) in [6.07, 6.45) is 1.32. The number of aryl methyl sites for hydroxylation is 1. The van der Waals surface area contributed by atoms with E-state index in [1.54, 1.807) is 6.92 Å². The highest BCUT2D eigenvalue weighted by molar-refractivity contribution is 7.89. The summed E-state index contributed by atoms with van der Waals surface area (Å²) in [5.74, 6) is 0. The van der Waals surface area contributed by atoms with Gasteiger partial charge in [0, 0.05) is 0 Å². The first kappa shape index (κ1) is 11.2. The molecule has 1 rings (SSSR count). The van der Waals surface area contributed by atoms with E-state index in [1.165, 1.54) is 0 Å². The lowest BCUT2D eigenvalue weighted by atomic mass is 10.1. The summed E-state index contributed by atoms with van der Waals surface area (Å²) in [6, 6.07) is 9.78. The predicted octanol–water partition coefficient (Wildman–Crippen LogP) is 1.30. The molecule has 0 unspecified atom stereocenters. The molecule has 0 bridgehead atoms. The molecule has 0 radical (unpaired) electrons.